The highest BCUT2D eigenvalue weighted by Crippen LogP contribution is 2.26. The van der Waals surface area contributed by atoms with Gasteiger partial charge in [0.15, 0.2) is 0 Å². The summed E-state index contributed by atoms with van der Waals surface area (Å²) in [7, 11) is 0. The van der Waals surface area contributed by atoms with Crippen molar-refractivity contribution in [3.8, 4) is 12.5 Å². The van der Waals surface area contributed by atoms with Crippen LogP contribution in [0.3, 0.4) is 0 Å². The van der Waals surface area contributed by atoms with Crippen LogP contribution in [0.1, 0.15) is 19.9 Å². The Labute approximate surface area is 124 Å². The van der Waals surface area contributed by atoms with Gasteiger partial charge in [-0.3, -0.25) is 14.6 Å². The number of anilines is 2. The summed E-state index contributed by atoms with van der Waals surface area (Å²) >= 11 is 0. The van der Waals surface area contributed by atoms with Crippen molar-refractivity contribution in [3.05, 3.63) is 48.8 Å². The molecule has 0 amide bonds. The molecular formula is C17H16N4. The summed E-state index contributed by atoms with van der Waals surface area (Å²) in [5, 5.41) is 4.54. The summed E-state index contributed by atoms with van der Waals surface area (Å²) in [4.78, 5) is 6.22. The average molecular weight is 276 g/mol. The Kier molecular flexibility index (Phi) is 3.33. The lowest BCUT2D eigenvalue weighted by Crippen LogP contribution is -2.08. The Balaban J connectivity index is 2.05. The van der Waals surface area contributed by atoms with Crippen molar-refractivity contribution in [2.75, 3.05) is 4.90 Å². The molecule has 0 unspecified atom stereocenters. The first-order chi connectivity index (χ1) is 10.2. The third-order valence-electron chi connectivity index (χ3n) is 3.29. The van der Waals surface area contributed by atoms with E-state index in [1.807, 2.05) is 47.3 Å². The third kappa shape index (κ3) is 2.46. The fourth-order valence-electron chi connectivity index (χ4n) is 2.17. The summed E-state index contributed by atoms with van der Waals surface area (Å²) in [5.41, 5.74) is 3.49. The van der Waals surface area contributed by atoms with Crippen molar-refractivity contribution in [2.24, 2.45) is 0 Å². The molecule has 0 radical (unpaired) electrons. The number of nitrogens with zero attached hydrogens (tertiary/aromatic N) is 4. The topological polar surface area (TPSA) is 34.0 Å². The highest BCUT2D eigenvalue weighted by Gasteiger charge is 2.10. The van der Waals surface area contributed by atoms with Crippen molar-refractivity contribution in [1.29, 1.82) is 0 Å². The number of para-hydroxylation sites is 1. The number of hydrogen-bond acceptors (Lipinski definition) is 3. The number of hydrogen-bond donors (Lipinski definition) is 0. The zero-order chi connectivity index (χ0) is 14.8. The second kappa shape index (κ2) is 5.29. The normalized spacial score (nSPS) is 10.8. The molecule has 0 saturated heterocycles. The molecule has 0 atom stereocenters. The molecule has 2 heterocycles. The van der Waals surface area contributed by atoms with E-state index in [0.29, 0.717) is 6.04 Å². The molecule has 21 heavy (non-hydrogen) atoms. The monoisotopic (exact) mass is 276 g/mol. The SMILES string of the molecule is C#CN(c1ccccc1)c1cnc2cn(C(C)C)nc2c1. The zero-order valence-corrected chi connectivity index (χ0v) is 12.1. The predicted molar refractivity (Wildman–Crippen MR) is 85.3 cm³/mol. The minimum absolute atomic E-state index is 0.306. The number of benzene rings is 1. The van der Waals surface area contributed by atoms with Crippen molar-refractivity contribution in [2.45, 2.75) is 19.9 Å². The van der Waals surface area contributed by atoms with E-state index in [1.54, 1.807) is 11.1 Å². The van der Waals surface area contributed by atoms with Crippen LogP contribution in [0.5, 0.6) is 0 Å². The number of fused-ring (bicyclic) bond motifs is 1. The van der Waals surface area contributed by atoms with Gasteiger partial charge < -0.3 is 0 Å². The van der Waals surface area contributed by atoms with Crippen molar-refractivity contribution in [3.63, 3.8) is 0 Å². The number of terminal acetylenes is 1. The van der Waals surface area contributed by atoms with Gasteiger partial charge in [0, 0.05) is 12.1 Å². The maximum Gasteiger partial charge on any atom is 0.113 e. The Morgan fingerprint density at radius 2 is 1.90 bits per heavy atom. The van der Waals surface area contributed by atoms with Crippen LogP contribution in [0.15, 0.2) is 48.8 Å². The molecule has 4 nitrogen and oxygen atoms in total. The smallest absolute Gasteiger partial charge is 0.113 e. The fourth-order valence-corrected chi connectivity index (χ4v) is 2.17. The highest BCUT2D eigenvalue weighted by atomic mass is 15.3. The summed E-state index contributed by atoms with van der Waals surface area (Å²) in [6, 6.07) is 14.8. The molecule has 1 aromatic carbocycles. The van der Waals surface area contributed by atoms with E-state index < -0.39 is 0 Å². The van der Waals surface area contributed by atoms with Crippen LogP contribution >= 0.6 is 0 Å². The first kappa shape index (κ1) is 13.2. The van der Waals surface area contributed by atoms with Crippen LogP contribution in [-0.4, -0.2) is 14.8 Å². The van der Waals surface area contributed by atoms with E-state index in [2.05, 4.69) is 30.0 Å². The van der Waals surface area contributed by atoms with Gasteiger partial charge in [0.2, 0.25) is 0 Å². The van der Waals surface area contributed by atoms with Crippen LogP contribution in [0.2, 0.25) is 0 Å². The summed E-state index contributed by atoms with van der Waals surface area (Å²) in [6.45, 7) is 4.18. The average Bonchev–Trinajstić information content (AvgIpc) is 2.93. The lowest BCUT2D eigenvalue weighted by Gasteiger charge is -2.16. The van der Waals surface area contributed by atoms with Crippen molar-refractivity contribution >= 4 is 22.4 Å². The van der Waals surface area contributed by atoms with Crippen LogP contribution in [0.4, 0.5) is 11.4 Å². The van der Waals surface area contributed by atoms with Gasteiger partial charge in [-0.2, -0.15) is 5.10 Å². The molecule has 2 aromatic heterocycles. The molecule has 0 N–H and O–H groups in total. The molecule has 104 valence electrons. The largest absolute Gasteiger partial charge is 0.268 e. The van der Waals surface area contributed by atoms with Crippen LogP contribution in [0.25, 0.3) is 11.0 Å². The molecule has 0 aliphatic rings. The predicted octanol–water partition coefficient (Wildman–Crippen LogP) is 3.74. The summed E-state index contributed by atoms with van der Waals surface area (Å²) in [5.74, 6) is 0. The van der Waals surface area contributed by atoms with E-state index in [-0.39, 0.29) is 0 Å². The zero-order valence-electron chi connectivity index (χ0n) is 12.1. The first-order valence-electron chi connectivity index (χ1n) is 6.85. The van der Waals surface area contributed by atoms with E-state index in [1.165, 1.54) is 0 Å². The quantitative estimate of drug-likeness (QED) is 0.540. The number of pyridine rings is 1. The molecule has 0 fully saturated rings. The Morgan fingerprint density at radius 3 is 2.57 bits per heavy atom. The maximum absolute atomic E-state index is 5.66. The summed E-state index contributed by atoms with van der Waals surface area (Å²) < 4.78 is 1.91. The molecule has 3 rings (SSSR count). The highest BCUT2D eigenvalue weighted by molar-refractivity contribution is 5.80. The van der Waals surface area contributed by atoms with Crippen molar-refractivity contribution < 1.29 is 0 Å². The van der Waals surface area contributed by atoms with Gasteiger partial charge in [-0.15, -0.1) is 0 Å². The van der Waals surface area contributed by atoms with E-state index in [0.717, 1.165) is 22.4 Å². The molecule has 0 saturated carbocycles. The fraction of sp³-hybridized carbons (Fsp3) is 0.176. The Hall–Kier alpha value is -2.80. The van der Waals surface area contributed by atoms with Gasteiger partial charge in [0.05, 0.1) is 23.8 Å². The van der Waals surface area contributed by atoms with E-state index in [9.17, 15) is 0 Å². The van der Waals surface area contributed by atoms with Crippen LogP contribution < -0.4 is 4.90 Å². The maximum atomic E-state index is 5.66. The molecule has 0 bridgehead atoms. The van der Waals surface area contributed by atoms with Gasteiger partial charge in [0.1, 0.15) is 11.0 Å². The second-order valence-electron chi connectivity index (χ2n) is 5.10. The van der Waals surface area contributed by atoms with Gasteiger partial charge in [0.25, 0.3) is 0 Å². The van der Waals surface area contributed by atoms with Crippen molar-refractivity contribution in [1.82, 2.24) is 14.8 Å². The Bertz CT molecular complexity index is 797. The van der Waals surface area contributed by atoms with Gasteiger partial charge in [-0.1, -0.05) is 24.6 Å². The minimum atomic E-state index is 0.306. The standard InChI is InChI=1S/C17H16N4/c1-4-20(14-8-6-5-7-9-14)15-10-16-17(18-11-15)12-21(19-16)13(2)3/h1,5-13H,2-3H3. The molecule has 0 aliphatic heterocycles. The van der Waals surface area contributed by atoms with Gasteiger partial charge >= 0.3 is 0 Å². The molecule has 0 aliphatic carbocycles. The van der Waals surface area contributed by atoms with Crippen LogP contribution in [-0.2, 0) is 0 Å². The van der Waals surface area contributed by atoms with Gasteiger partial charge in [-0.25, -0.2) is 0 Å². The number of aromatic nitrogens is 3. The minimum Gasteiger partial charge on any atom is -0.268 e. The molecule has 0 spiro atoms. The lowest BCUT2D eigenvalue weighted by molar-refractivity contribution is 0.537. The molecule has 4 heteroatoms. The second-order valence-corrected chi connectivity index (χ2v) is 5.10. The molecule has 3 aromatic rings. The summed E-state index contributed by atoms with van der Waals surface area (Å²) in [6.07, 6.45) is 9.39. The van der Waals surface area contributed by atoms with E-state index >= 15 is 0 Å². The Morgan fingerprint density at radius 1 is 1.14 bits per heavy atom. The van der Waals surface area contributed by atoms with E-state index in [4.69, 9.17) is 6.42 Å². The van der Waals surface area contributed by atoms with Gasteiger partial charge in [-0.05, 0) is 32.0 Å². The lowest BCUT2D eigenvalue weighted by atomic mass is 10.2. The third-order valence-corrected chi connectivity index (χ3v) is 3.29. The van der Waals surface area contributed by atoms with Crippen LogP contribution in [0, 0.1) is 12.5 Å². The number of rotatable bonds is 3. The first-order valence-corrected chi connectivity index (χ1v) is 6.85. The molecular weight excluding hydrogens is 260 g/mol.